The van der Waals surface area contributed by atoms with Gasteiger partial charge in [0.1, 0.15) is 0 Å². The van der Waals surface area contributed by atoms with Gasteiger partial charge in [-0.25, -0.2) is 0 Å². The lowest BCUT2D eigenvalue weighted by Gasteiger charge is -2.07. The Morgan fingerprint density at radius 1 is 1.17 bits per heavy atom. The molecule has 0 aliphatic heterocycles. The smallest absolute Gasteiger partial charge is 0.270 e. The number of benzene rings is 2. The van der Waals surface area contributed by atoms with Crippen LogP contribution in [-0.2, 0) is 6.54 Å². The average Bonchev–Trinajstić information content (AvgIpc) is 2.38. The van der Waals surface area contributed by atoms with E-state index in [0.29, 0.717) is 11.6 Å². The molecular weight excluding hydrogens is 252 g/mol. The molecule has 0 amide bonds. The van der Waals surface area contributed by atoms with Crippen LogP contribution in [0.2, 0.25) is 5.02 Å². The van der Waals surface area contributed by atoms with Crippen molar-refractivity contribution in [3.63, 3.8) is 0 Å². The lowest BCUT2D eigenvalue weighted by molar-refractivity contribution is -0.384. The first kappa shape index (κ1) is 12.4. The van der Waals surface area contributed by atoms with Crippen LogP contribution < -0.4 is 5.32 Å². The first-order valence-electron chi connectivity index (χ1n) is 5.38. The summed E-state index contributed by atoms with van der Waals surface area (Å²) in [5.74, 6) is 0. The van der Waals surface area contributed by atoms with E-state index in [4.69, 9.17) is 11.6 Å². The summed E-state index contributed by atoms with van der Waals surface area (Å²) < 4.78 is 0. The topological polar surface area (TPSA) is 55.2 Å². The van der Waals surface area contributed by atoms with Gasteiger partial charge >= 0.3 is 0 Å². The Kier molecular flexibility index (Phi) is 3.79. The van der Waals surface area contributed by atoms with Crippen molar-refractivity contribution in [1.82, 2.24) is 0 Å². The Balaban J connectivity index is 2.08. The number of nitro groups is 1. The molecule has 18 heavy (non-hydrogen) atoms. The van der Waals surface area contributed by atoms with E-state index < -0.39 is 4.92 Å². The van der Waals surface area contributed by atoms with Crippen LogP contribution >= 0.6 is 11.6 Å². The largest absolute Gasteiger partial charge is 0.381 e. The molecular formula is C13H11ClN2O2. The number of nitrogens with one attached hydrogen (secondary N) is 1. The number of hydrogen-bond donors (Lipinski definition) is 1. The highest BCUT2D eigenvalue weighted by Gasteiger charge is 2.08. The monoisotopic (exact) mass is 262 g/mol. The van der Waals surface area contributed by atoms with Crippen molar-refractivity contribution in [2.24, 2.45) is 0 Å². The maximum atomic E-state index is 10.6. The molecule has 92 valence electrons. The summed E-state index contributed by atoms with van der Waals surface area (Å²) >= 11 is 6.00. The molecule has 2 rings (SSSR count). The Hall–Kier alpha value is -2.07. The lowest BCUT2D eigenvalue weighted by Crippen LogP contribution is -2.00. The number of nitro benzene ring substituents is 1. The van der Waals surface area contributed by atoms with Crippen molar-refractivity contribution < 1.29 is 4.92 Å². The van der Waals surface area contributed by atoms with Gasteiger partial charge in [0, 0.05) is 24.4 Å². The molecule has 4 nitrogen and oxygen atoms in total. The first-order valence-corrected chi connectivity index (χ1v) is 5.76. The molecule has 0 aromatic heterocycles. The standard InChI is InChI=1S/C13H11ClN2O2/c14-13-8-12(16(17)18)7-6-10(13)9-15-11-4-2-1-3-5-11/h1-8,15H,9H2. The zero-order chi connectivity index (χ0) is 13.0. The van der Waals surface area contributed by atoms with Crippen molar-refractivity contribution in [3.05, 3.63) is 69.2 Å². The first-order chi connectivity index (χ1) is 8.66. The minimum atomic E-state index is -0.458. The molecule has 5 heteroatoms. The van der Waals surface area contributed by atoms with E-state index in [-0.39, 0.29) is 5.69 Å². The molecule has 1 N–H and O–H groups in total. The molecule has 2 aromatic carbocycles. The highest BCUT2D eigenvalue weighted by molar-refractivity contribution is 6.31. The molecule has 0 spiro atoms. The van der Waals surface area contributed by atoms with Crippen LogP contribution in [0.25, 0.3) is 0 Å². The van der Waals surface area contributed by atoms with Crippen molar-refractivity contribution in [2.75, 3.05) is 5.32 Å². The minimum absolute atomic E-state index is 0.00320. The summed E-state index contributed by atoms with van der Waals surface area (Å²) in [5, 5.41) is 14.2. The van der Waals surface area contributed by atoms with Crippen molar-refractivity contribution in [2.45, 2.75) is 6.54 Å². The third-order valence-corrected chi connectivity index (χ3v) is 2.86. The summed E-state index contributed by atoms with van der Waals surface area (Å²) in [7, 11) is 0. The SMILES string of the molecule is O=[N+]([O-])c1ccc(CNc2ccccc2)c(Cl)c1. The molecule has 0 saturated carbocycles. The van der Waals surface area contributed by atoms with E-state index in [1.165, 1.54) is 12.1 Å². The predicted octanol–water partition coefficient (Wildman–Crippen LogP) is 3.86. The van der Waals surface area contributed by atoms with E-state index in [1.54, 1.807) is 6.07 Å². The Labute approximate surface area is 109 Å². The number of hydrogen-bond acceptors (Lipinski definition) is 3. The molecule has 0 aliphatic rings. The fourth-order valence-corrected chi connectivity index (χ4v) is 1.79. The number of nitrogens with zero attached hydrogens (tertiary/aromatic N) is 1. The number of non-ortho nitro benzene ring substituents is 1. The maximum absolute atomic E-state index is 10.6. The number of halogens is 1. The molecule has 0 saturated heterocycles. The van der Waals surface area contributed by atoms with E-state index in [1.807, 2.05) is 30.3 Å². The van der Waals surface area contributed by atoms with Crippen LogP contribution in [0.4, 0.5) is 11.4 Å². The summed E-state index contributed by atoms with van der Waals surface area (Å²) in [4.78, 5) is 10.1. The molecule has 0 bridgehead atoms. The van der Waals surface area contributed by atoms with Gasteiger partial charge < -0.3 is 5.32 Å². The molecule has 0 heterocycles. The van der Waals surface area contributed by atoms with E-state index in [2.05, 4.69) is 5.32 Å². The number of para-hydroxylation sites is 1. The van der Waals surface area contributed by atoms with Crippen molar-refractivity contribution in [3.8, 4) is 0 Å². The number of anilines is 1. The number of rotatable bonds is 4. The molecule has 0 atom stereocenters. The molecule has 2 aromatic rings. The molecule has 0 radical (unpaired) electrons. The zero-order valence-electron chi connectivity index (χ0n) is 9.47. The van der Waals surface area contributed by atoms with Gasteiger partial charge in [-0.15, -0.1) is 0 Å². The Bertz CT molecular complexity index is 558. The third kappa shape index (κ3) is 2.99. The van der Waals surface area contributed by atoms with Gasteiger partial charge in [0.25, 0.3) is 5.69 Å². The Morgan fingerprint density at radius 3 is 2.50 bits per heavy atom. The minimum Gasteiger partial charge on any atom is -0.381 e. The lowest BCUT2D eigenvalue weighted by atomic mass is 10.2. The van der Waals surface area contributed by atoms with Crippen molar-refractivity contribution in [1.29, 1.82) is 0 Å². The summed E-state index contributed by atoms with van der Waals surface area (Å²) in [6, 6.07) is 14.2. The highest BCUT2D eigenvalue weighted by Crippen LogP contribution is 2.23. The van der Waals surface area contributed by atoms with Gasteiger partial charge in [0.15, 0.2) is 0 Å². The van der Waals surface area contributed by atoms with Gasteiger partial charge in [-0.1, -0.05) is 29.8 Å². The zero-order valence-corrected chi connectivity index (χ0v) is 10.2. The van der Waals surface area contributed by atoms with Crippen LogP contribution in [-0.4, -0.2) is 4.92 Å². The highest BCUT2D eigenvalue weighted by atomic mass is 35.5. The van der Waals surface area contributed by atoms with Crippen LogP contribution in [0.15, 0.2) is 48.5 Å². The van der Waals surface area contributed by atoms with Gasteiger partial charge in [0.05, 0.1) is 9.95 Å². The van der Waals surface area contributed by atoms with Crippen LogP contribution in [0, 0.1) is 10.1 Å². The molecule has 0 fully saturated rings. The summed E-state index contributed by atoms with van der Waals surface area (Å²) in [5.41, 5.74) is 1.81. The van der Waals surface area contributed by atoms with Gasteiger partial charge in [-0.3, -0.25) is 10.1 Å². The van der Waals surface area contributed by atoms with E-state index in [0.717, 1.165) is 11.3 Å². The maximum Gasteiger partial charge on any atom is 0.270 e. The summed E-state index contributed by atoms with van der Waals surface area (Å²) in [6.45, 7) is 0.529. The second kappa shape index (κ2) is 5.51. The fraction of sp³-hybridized carbons (Fsp3) is 0.0769. The second-order valence-electron chi connectivity index (χ2n) is 3.75. The average molecular weight is 263 g/mol. The van der Waals surface area contributed by atoms with Crippen LogP contribution in [0.1, 0.15) is 5.56 Å². The molecule has 0 aliphatic carbocycles. The van der Waals surface area contributed by atoms with Gasteiger partial charge in [-0.2, -0.15) is 0 Å². The summed E-state index contributed by atoms with van der Waals surface area (Å²) in [6.07, 6.45) is 0. The van der Waals surface area contributed by atoms with Crippen molar-refractivity contribution >= 4 is 23.0 Å². The van der Waals surface area contributed by atoms with Crippen LogP contribution in [0.3, 0.4) is 0 Å². The Morgan fingerprint density at radius 2 is 1.89 bits per heavy atom. The van der Waals surface area contributed by atoms with E-state index in [9.17, 15) is 10.1 Å². The third-order valence-electron chi connectivity index (χ3n) is 2.50. The van der Waals surface area contributed by atoms with Crippen LogP contribution in [0.5, 0.6) is 0 Å². The van der Waals surface area contributed by atoms with E-state index >= 15 is 0 Å². The fourth-order valence-electron chi connectivity index (χ4n) is 1.55. The van der Waals surface area contributed by atoms with Gasteiger partial charge in [0.2, 0.25) is 0 Å². The molecule has 0 unspecified atom stereocenters. The van der Waals surface area contributed by atoms with Gasteiger partial charge in [-0.05, 0) is 23.8 Å². The normalized spacial score (nSPS) is 10.1. The quantitative estimate of drug-likeness (QED) is 0.672. The predicted molar refractivity (Wildman–Crippen MR) is 71.9 cm³/mol. The second-order valence-corrected chi connectivity index (χ2v) is 4.16.